The minimum atomic E-state index is -0.140. The van der Waals surface area contributed by atoms with Gasteiger partial charge in [0.05, 0.1) is 24.4 Å². The summed E-state index contributed by atoms with van der Waals surface area (Å²) in [5.74, 6) is 2.01. The number of hydrogen-bond acceptors (Lipinski definition) is 6. The lowest BCUT2D eigenvalue weighted by atomic mass is 10.0. The van der Waals surface area contributed by atoms with E-state index in [1.165, 1.54) is 45.2 Å². The highest BCUT2D eigenvalue weighted by atomic mass is 16.5. The Bertz CT molecular complexity index is 1070. The molecule has 2 saturated heterocycles. The lowest BCUT2D eigenvalue weighted by Gasteiger charge is -2.32. The van der Waals surface area contributed by atoms with E-state index in [1.54, 1.807) is 12.0 Å². The Balaban J connectivity index is 0.000000714. The van der Waals surface area contributed by atoms with E-state index in [0.717, 1.165) is 41.4 Å². The first-order chi connectivity index (χ1) is 20.7. The molecule has 2 amide bonds. The molecule has 1 atom stereocenters. The number of hydrogen-bond donors (Lipinski definition) is 3. The zero-order valence-electron chi connectivity index (χ0n) is 27.5. The molecule has 1 aromatic carbocycles. The number of aliphatic imine (C=N–C) groups is 1. The van der Waals surface area contributed by atoms with Crippen molar-refractivity contribution in [2.75, 3.05) is 39.1 Å². The Morgan fingerprint density at radius 1 is 1.21 bits per heavy atom. The third-order valence-electron chi connectivity index (χ3n) is 7.28. The van der Waals surface area contributed by atoms with Gasteiger partial charge >= 0.3 is 0 Å². The number of nitrogens with one attached hydrogen (secondary N) is 2. The summed E-state index contributed by atoms with van der Waals surface area (Å²) in [6.07, 6.45) is 13.4. The van der Waals surface area contributed by atoms with Crippen LogP contribution in [-0.2, 0) is 9.59 Å². The van der Waals surface area contributed by atoms with E-state index in [2.05, 4.69) is 48.3 Å². The number of ether oxygens (including phenoxy) is 1. The maximum atomic E-state index is 13.2. The molecule has 2 heterocycles. The number of nitrogens with zero attached hydrogens (tertiary/aromatic N) is 3. The Morgan fingerprint density at radius 2 is 1.81 bits per heavy atom. The molecule has 9 heteroatoms. The van der Waals surface area contributed by atoms with Crippen LogP contribution in [0.1, 0.15) is 77.7 Å². The summed E-state index contributed by atoms with van der Waals surface area (Å²) < 4.78 is 5.52. The topological polar surface area (TPSA) is 112 Å². The Hall–Kier alpha value is -3.59. The highest BCUT2D eigenvalue weighted by Crippen LogP contribution is 2.32. The number of nitrogens with two attached hydrogens (primary N) is 1. The number of primary amides is 1. The molecule has 0 aromatic heterocycles. The largest absolute Gasteiger partial charge is 0.495 e. The van der Waals surface area contributed by atoms with E-state index >= 15 is 0 Å². The third kappa shape index (κ3) is 12.3. The monoisotopic (exact) mass is 596 g/mol. The number of amidine groups is 1. The SMILES string of the molecule is C1CCNC1.C=CCC1CN(C2CCCC2)C(=N/C(=C)Nc2ccc(C)cc2OC)/C(=C\C)N(C)C1=O.CCC.NC=O. The molecule has 1 aliphatic carbocycles. The first-order valence-corrected chi connectivity index (χ1v) is 15.6. The lowest BCUT2D eigenvalue weighted by molar-refractivity contribution is -0.131. The average Bonchev–Trinajstić information content (AvgIpc) is 3.73. The van der Waals surface area contributed by atoms with Crippen molar-refractivity contribution in [3.63, 3.8) is 0 Å². The maximum absolute atomic E-state index is 13.2. The Kier molecular flexibility index (Phi) is 18.4. The Labute approximate surface area is 260 Å². The van der Waals surface area contributed by atoms with E-state index in [9.17, 15) is 4.79 Å². The van der Waals surface area contributed by atoms with Crippen molar-refractivity contribution in [2.24, 2.45) is 16.6 Å². The second kappa shape index (κ2) is 21.2. The van der Waals surface area contributed by atoms with Crippen LogP contribution in [0.25, 0.3) is 0 Å². The van der Waals surface area contributed by atoms with Crippen molar-refractivity contribution in [1.82, 2.24) is 15.1 Å². The van der Waals surface area contributed by atoms with Crippen LogP contribution < -0.4 is 21.1 Å². The minimum Gasteiger partial charge on any atom is -0.495 e. The molecule has 1 unspecified atom stereocenters. The summed E-state index contributed by atoms with van der Waals surface area (Å²) >= 11 is 0. The molecule has 9 nitrogen and oxygen atoms in total. The van der Waals surface area contributed by atoms with Crippen LogP contribution in [0.2, 0.25) is 0 Å². The summed E-state index contributed by atoms with van der Waals surface area (Å²) in [5, 5.41) is 6.52. The smallest absolute Gasteiger partial charge is 0.232 e. The molecular formula is C34H56N6O3. The molecule has 3 fully saturated rings. The molecule has 4 rings (SSSR count). The van der Waals surface area contributed by atoms with Gasteiger partial charge in [-0.05, 0) is 76.7 Å². The van der Waals surface area contributed by atoms with Gasteiger partial charge in [0.15, 0.2) is 5.84 Å². The fourth-order valence-electron chi connectivity index (χ4n) is 5.29. The molecular weight excluding hydrogens is 540 g/mol. The molecule has 0 bridgehead atoms. The first-order valence-electron chi connectivity index (χ1n) is 15.6. The normalized spacial score (nSPS) is 20.1. The van der Waals surface area contributed by atoms with Gasteiger partial charge in [-0.25, -0.2) is 4.99 Å². The Morgan fingerprint density at radius 3 is 2.30 bits per heavy atom. The number of allylic oxidation sites excluding steroid dienone is 2. The van der Waals surface area contributed by atoms with E-state index < -0.39 is 0 Å². The van der Waals surface area contributed by atoms with Gasteiger partial charge in [-0.3, -0.25) is 9.59 Å². The predicted octanol–water partition coefficient (Wildman–Crippen LogP) is 5.99. The van der Waals surface area contributed by atoms with Crippen LogP contribution in [0, 0.1) is 12.8 Å². The second-order valence-electron chi connectivity index (χ2n) is 10.9. The maximum Gasteiger partial charge on any atom is 0.232 e. The fourth-order valence-corrected chi connectivity index (χ4v) is 5.29. The number of benzene rings is 1. The molecule has 2 aliphatic heterocycles. The number of methoxy groups -OCH3 is 1. The van der Waals surface area contributed by atoms with Gasteiger partial charge in [0.25, 0.3) is 0 Å². The summed E-state index contributed by atoms with van der Waals surface area (Å²) in [5.41, 5.74) is 6.90. The summed E-state index contributed by atoms with van der Waals surface area (Å²) in [7, 11) is 3.49. The average molecular weight is 597 g/mol. The van der Waals surface area contributed by atoms with Gasteiger partial charge in [-0.15, -0.1) is 6.58 Å². The van der Waals surface area contributed by atoms with Gasteiger partial charge in [0.1, 0.15) is 11.6 Å². The van der Waals surface area contributed by atoms with Crippen LogP contribution >= 0.6 is 0 Å². The van der Waals surface area contributed by atoms with E-state index in [1.807, 2.05) is 51.2 Å². The van der Waals surface area contributed by atoms with Crippen molar-refractivity contribution >= 4 is 23.8 Å². The highest BCUT2D eigenvalue weighted by Gasteiger charge is 2.37. The third-order valence-corrected chi connectivity index (χ3v) is 7.28. The van der Waals surface area contributed by atoms with Crippen molar-refractivity contribution < 1.29 is 14.3 Å². The van der Waals surface area contributed by atoms with E-state index in [-0.39, 0.29) is 18.2 Å². The number of rotatable bonds is 7. The minimum absolute atomic E-state index is 0.102. The van der Waals surface area contributed by atoms with Gasteiger partial charge in [-0.1, -0.05) is 57.9 Å². The second-order valence-corrected chi connectivity index (χ2v) is 10.9. The van der Waals surface area contributed by atoms with Crippen molar-refractivity contribution in [2.45, 2.75) is 85.1 Å². The highest BCUT2D eigenvalue weighted by molar-refractivity contribution is 6.04. The number of aryl methyl sites for hydroxylation is 1. The number of carbonyl (C=O) groups excluding carboxylic acids is 2. The fraction of sp³-hybridized carbons (Fsp3) is 0.559. The number of anilines is 1. The number of carbonyl (C=O) groups is 2. The molecule has 0 radical (unpaired) electrons. The van der Waals surface area contributed by atoms with Crippen LogP contribution in [-0.4, -0.2) is 67.8 Å². The quantitative estimate of drug-likeness (QED) is 0.264. The number of amides is 2. The summed E-state index contributed by atoms with van der Waals surface area (Å²) in [4.78, 5) is 30.8. The van der Waals surface area contributed by atoms with Crippen molar-refractivity contribution in [3.8, 4) is 5.75 Å². The van der Waals surface area contributed by atoms with Crippen LogP contribution in [0.4, 0.5) is 5.69 Å². The van der Waals surface area contributed by atoms with Gasteiger partial charge in [0, 0.05) is 19.6 Å². The van der Waals surface area contributed by atoms with E-state index in [0.29, 0.717) is 24.8 Å². The van der Waals surface area contributed by atoms with E-state index in [4.69, 9.17) is 14.5 Å². The van der Waals surface area contributed by atoms with Crippen LogP contribution in [0.15, 0.2) is 60.0 Å². The van der Waals surface area contributed by atoms with Crippen molar-refractivity contribution in [1.29, 1.82) is 0 Å². The molecule has 1 saturated carbocycles. The molecule has 4 N–H and O–H groups in total. The van der Waals surface area contributed by atoms with Crippen LogP contribution in [0.3, 0.4) is 0 Å². The molecule has 3 aliphatic rings. The zero-order chi connectivity index (χ0) is 32.2. The van der Waals surface area contributed by atoms with Crippen molar-refractivity contribution in [3.05, 3.63) is 60.6 Å². The standard InChI is InChI=1S/C26H36N4O2.C4H9N.C3H8.CH3NO/c1-7-11-20-17-30(21-12-9-10-13-21)25(23(8-2)29(5)26(20)31)28-19(4)27-22-15-14-18(3)16-24(22)32-6;1-2-4-5-3-1;1-3-2;2-1-3/h7-8,14-16,20-21,27H,1,4,9-13,17H2,2-3,5-6H3;5H,1-4H2;3H2,1-2H3;1H,(H2,2,3)/b23-8+,28-25+;;;. The lowest BCUT2D eigenvalue weighted by Crippen LogP contribution is -2.42. The zero-order valence-corrected chi connectivity index (χ0v) is 27.5. The summed E-state index contributed by atoms with van der Waals surface area (Å²) in [6, 6.07) is 6.33. The summed E-state index contributed by atoms with van der Waals surface area (Å²) in [6.45, 7) is 19.4. The van der Waals surface area contributed by atoms with Gasteiger partial charge < -0.3 is 30.9 Å². The molecule has 240 valence electrons. The molecule has 1 aromatic rings. The molecule has 43 heavy (non-hydrogen) atoms. The van der Waals surface area contributed by atoms with Gasteiger partial charge in [-0.2, -0.15) is 0 Å². The first kappa shape index (κ1) is 37.4. The predicted molar refractivity (Wildman–Crippen MR) is 180 cm³/mol. The number of likely N-dealkylation sites (N-methyl/N-ethyl adjacent to an activating group) is 1. The molecule has 0 spiro atoms. The van der Waals surface area contributed by atoms with Crippen LogP contribution in [0.5, 0.6) is 5.75 Å². The van der Waals surface area contributed by atoms with Gasteiger partial charge in [0.2, 0.25) is 12.3 Å².